The van der Waals surface area contributed by atoms with E-state index in [1.807, 2.05) is 24.3 Å². The molecule has 0 saturated heterocycles. The smallest absolute Gasteiger partial charge is 0.244 e. The Kier molecular flexibility index (Phi) is 3.52. The summed E-state index contributed by atoms with van der Waals surface area (Å²) in [6.45, 7) is 0. The number of fused-ring (bicyclic) bond motifs is 1. The molecule has 0 amide bonds. The van der Waals surface area contributed by atoms with Crippen LogP contribution in [0.25, 0.3) is 0 Å². The van der Waals surface area contributed by atoms with Crippen molar-refractivity contribution in [2.45, 2.75) is 23.4 Å². The van der Waals surface area contributed by atoms with Gasteiger partial charge >= 0.3 is 0 Å². The topological polar surface area (TPSA) is 72.2 Å². The van der Waals surface area contributed by atoms with Crippen molar-refractivity contribution in [1.29, 1.82) is 0 Å². The Balaban J connectivity index is 1.95. The first-order valence-electron chi connectivity index (χ1n) is 6.59. The van der Waals surface area contributed by atoms with Crippen LogP contribution in [0.5, 0.6) is 0 Å². The highest BCUT2D eigenvalue weighted by atomic mass is 32.2. The third-order valence-corrected chi connectivity index (χ3v) is 5.16. The summed E-state index contributed by atoms with van der Waals surface area (Å²) >= 11 is 0. The number of hydrogen-bond acceptors (Lipinski definition) is 3. The SMILES string of the molecule is NC1Cc2ccccc2C1NS(=O)(=O)c1ccccc1F. The van der Waals surface area contributed by atoms with Crippen molar-refractivity contribution in [2.24, 2.45) is 5.73 Å². The van der Waals surface area contributed by atoms with E-state index in [-0.39, 0.29) is 10.9 Å². The molecule has 4 nitrogen and oxygen atoms in total. The summed E-state index contributed by atoms with van der Waals surface area (Å²) < 4.78 is 40.9. The van der Waals surface area contributed by atoms with Crippen molar-refractivity contribution < 1.29 is 12.8 Å². The molecule has 3 N–H and O–H groups in total. The van der Waals surface area contributed by atoms with Gasteiger partial charge in [0.1, 0.15) is 10.7 Å². The summed E-state index contributed by atoms with van der Waals surface area (Å²) in [5.74, 6) is -0.773. The maximum absolute atomic E-state index is 13.7. The monoisotopic (exact) mass is 306 g/mol. The van der Waals surface area contributed by atoms with Gasteiger partial charge < -0.3 is 5.73 Å². The molecule has 110 valence electrons. The Morgan fingerprint density at radius 3 is 2.52 bits per heavy atom. The Bertz CT molecular complexity index is 777. The lowest BCUT2D eigenvalue weighted by molar-refractivity contribution is 0.510. The molecular formula is C15H15FN2O2S. The minimum atomic E-state index is -3.96. The summed E-state index contributed by atoms with van der Waals surface area (Å²) in [6.07, 6.45) is 0.598. The molecule has 1 aliphatic rings. The number of sulfonamides is 1. The van der Waals surface area contributed by atoms with Crippen LogP contribution in [0.2, 0.25) is 0 Å². The zero-order valence-corrected chi connectivity index (χ0v) is 12.0. The molecule has 0 radical (unpaired) electrons. The van der Waals surface area contributed by atoms with E-state index in [2.05, 4.69) is 4.72 Å². The van der Waals surface area contributed by atoms with Gasteiger partial charge in [-0.1, -0.05) is 36.4 Å². The highest BCUT2D eigenvalue weighted by Crippen LogP contribution is 2.31. The molecule has 0 heterocycles. The lowest BCUT2D eigenvalue weighted by Crippen LogP contribution is -2.38. The lowest BCUT2D eigenvalue weighted by Gasteiger charge is -2.19. The van der Waals surface area contributed by atoms with Crippen LogP contribution in [0.4, 0.5) is 4.39 Å². The molecule has 3 rings (SSSR count). The second-order valence-corrected chi connectivity index (χ2v) is 6.78. The average Bonchev–Trinajstić information content (AvgIpc) is 2.75. The zero-order chi connectivity index (χ0) is 15.0. The predicted octanol–water partition coefficient (Wildman–Crippen LogP) is 1.73. The van der Waals surface area contributed by atoms with E-state index in [9.17, 15) is 12.8 Å². The molecule has 21 heavy (non-hydrogen) atoms. The standard InChI is InChI=1S/C15H15FN2O2S/c16-12-7-3-4-8-14(12)21(19,20)18-15-11-6-2-1-5-10(11)9-13(15)17/h1-8,13,15,18H,9,17H2. The van der Waals surface area contributed by atoms with E-state index >= 15 is 0 Å². The van der Waals surface area contributed by atoms with Gasteiger partial charge in [0, 0.05) is 6.04 Å². The van der Waals surface area contributed by atoms with Gasteiger partial charge in [-0.05, 0) is 29.7 Å². The van der Waals surface area contributed by atoms with Crippen molar-refractivity contribution in [3.05, 3.63) is 65.5 Å². The zero-order valence-electron chi connectivity index (χ0n) is 11.2. The van der Waals surface area contributed by atoms with E-state index < -0.39 is 21.9 Å². The average molecular weight is 306 g/mol. The molecule has 0 aromatic heterocycles. The highest BCUT2D eigenvalue weighted by Gasteiger charge is 2.33. The van der Waals surface area contributed by atoms with E-state index in [0.717, 1.165) is 17.2 Å². The number of nitrogens with one attached hydrogen (secondary N) is 1. The fraction of sp³-hybridized carbons (Fsp3) is 0.200. The van der Waals surface area contributed by atoms with Crippen molar-refractivity contribution in [1.82, 2.24) is 4.72 Å². The summed E-state index contributed by atoms with van der Waals surface area (Å²) in [5, 5.41) is 0. The van der Waals surface area contributed by atoms with Crippen LogP contribution in [0, 0.1) is 5.82 Å². The normalized spacial score (nSPS) is 21.2. The van der Waals surface area contributed by atoms with Crippen LogP contribution in [-0.4, -0.2) is 14.5 Å². The molecule has 0 fully saturated rings. The summed E-state index contributed by atoms with van der Waals surface area (Å²) in [5.41, 5.74) is 7.90. The maximum Gasteiger partial charge on any atom is 0.244 e. The molecule has 1 aliphatic carbocycles. The molecule has 2 aromatic carbocycles. The first-order chi connectivity index (χ1) is 9.99. The van der Waals surface area contributed by atoms with Crippen molar-refractivity contribution in [3.63, 3.8) is 0 Å². The van der Waals surface area contributed by atoms with Crippen LogP contribution in [0.1, 0.15) is 17.2 Å². The molecule has 0 bridgehead atoms. The fourth-order valence-corrected chi connectivity index (χ4v) is 4.02. The molecule has 2 aromatic rings. The quantitative estimate of drug-likeness (QED) is 0.907. The van der Waals surface area contributed by atoms with E-state index in [0.29, 0.717) is 6.42 Å². The third kappa shape index (κ3) is 2.57. The highest BCUT2D eigenvalue weighted by molar-refractivity contribution is 7.89. The van der Waals surface area contributed by atoms with Gasteiger partial charge in [0.05, 0.1) is 6.04 Å². The van der Waals surface area contributed by atoms with Gasteiger partial charge in [0.15, 0.2) is 0 Å². The summed E-state index contributed by atoms with van der Waals surface area (Å²) in [4.78, 5) is -0.360. The van der Waals surface area contributed by atoms with Crippen LogP contribution in [-0.2, 0) is 16.4 Å². The summed E-state index contributed by atoms with van der Waals surface area (Å²) in [6, 6.07) is 11.9. The number of hydrogen-bond donors (Lipinski definition) is 2. The van der Waals surface area contributed by atoms with Gasteiger partial charge in [-0.25, -0.2) is 17.5 Å². The minimum absolute atomic E-state index is 0.357. The van der Waals surface area contributed by atoms with E-state index in [4.69, 9.17) is 5.73 Å². The Morgan fingerprint density at radius 1 is 1.10 bits per heavy atom. The van der Waals surface area contributed by atoms with E-state index in [1.165, 1.54) is 18.2 Å². The number of benzene rings is 2. The number of rotatable bonds is 3. The Labute approximate surface area is 122 Å². The first kappa shape index (κ1) is 14.2. The molecule has 0 spiro atoms. The van der Waals surface area contributed by atoms with Crippen LogP contribution in [0.3, 0.4) is 0 Å². The van der Waals surface area contributed by atoms with Crippen LogP contribution < -0.4 is 10.5 Å². The van der Waals surface area contributed by atoms with Crippen molar-refractivity contribution >= 4 is 10.0 Å². The Hall–Kier alpha value is -1.76. The fourth-order valence-electron chi connectivity index (χ4n) is 2.67. The Morgan fingerprint density at radius 2 is 1.76 bits per heavy atom. The molecule has 2 unspecified atom stereocenters. The molecule has 6 heteroatoms. The molecule has 0 aliphatic heterocycles. The van der Waals surface area contributed by atoms with Gasteiger partial charge in [-0.15, -0.1) is 0 Å². The van der Waals surface area contributed by atoms with Crippen molar-refractivity contribution in [3.8, 4) is 0 Å². The summed E-state index contributed by atoms with van der Waals surface area (Å²) in [7, 11) is -3.96. The van der Waals surface area contributed by atoms with Crippen molar-refractivity contribution in [2.75, 3.05) is 0 Å². The third-order valence-electron chi connectivity index (χ3n) is 3.68. The molecule has 2 atom stereocenters. The number of halogens is 1. The van der Waals surface area contributed by atoms with E-state index in [1.54, 1.807) is 0 Å². The first-order valence-corrected chi connectivity index (χ1v) is 8.07. The van der Waals surface area contributed by atoms with Gasteiger partial charge in [0.25, 0.3) is 0 Å². The van der Waals surface area contributed by atoms with Crippen LogP contribution >= 0.6 is 0 Å². The van der Waals surface area contributed by atoms with Gasteiger partial charge in [-0.3, -0.25) is 0 Å². The number of nitrogens with two attached hydrogens (primary N) is 1. The van der Waals surface area contributed by atoms with Gasteiger partial charge in [0.2, 0.25) is 10.0 Å². The predicted molar refractivity (Wildman–Crippen MR) is 77.6 cm³/mol. The molecular weight excluding hydrogens is 291 g/mol. The van der Waals surface area contributed by atoms with Gasteiger partial charge in [-0.2, -0.15) is 0 Å². The maximum atomic E-state index is 13.7. The second kappa shape index (κ2) is 5.22. The lowest BCUT2D eigenvalue weighted by atomic mass is 10.1. The second-order valence-electron chi connectivity index (χ2n) is 5.10. The minimum Gasteiger partial charge on any atom is -0.326 e. The van der Waals surface area contributed by atoms with Crippen LogP contribution in [0.15, 0.2) is 53.4 Å². The largest absolute Gasteiger partial charge is 0.326 e. The molecule has 0 saturated carbocycles.